The van der Waals surface area contributed by atoms with Crippen molar-refractivity contribution in [3.05, 3.63) is 96.1 Å². The van der Waals surface area contributed by atoms with E-state index in [1.807, 2.05) is 98.8 Å². The Morgan fingerprint density at radius 1 is 0.800 bits per heavy atom. The number of amides is 2. The van der Waals surface area contributed by atoms with E-state index in [1.165, 1.54) is 4.90 Å². The lowest BCUT2D eigenvalue weighted by Gasteiger charge is -2.32. The van der Waals surface area contributed by atoms with Crippen molar-refractivity contribution in [3.63, 3.8) is 0 Å². The summed E-state index contributed by atoms with van der Waals surface area (Å²) in [5, 5.41) is 1.72. The maximum Gasteiger partial charge on any atom is 0.266 e. The summed E-state index contributed by atoms with van der Waals surface area (Å²) in [5.41, 5.74) is 2.33. The molecule has 5 nitrogen and oxygen atoms in total. The molecule has 0 spiro atoms. The zero-order valence-electron chi connectivity index (χ0n) is 16.9. The zero-order chi connectivity index (χ0) is 20.9. The van der Waals surface area contributed by atoms with Gasteiger partial charge in [0.1, 0.15) is 5.41 Å². The number of para-hydroxylation sites is 1. The van der Waals surface area contributed by atoms with E-state index in [0.29, 0.717) is 5.69 Å². The molecule has 2 amide bonds. The van der Waals surface area contributed by atoms with Crippen LogP contribution in [0.4, 0.5) is 11.4 Å². The highest BCUT2D eigenvalue weighted by Crippen LogP contribution is 2.55. The number of aryl methyl sites for hydroxylation is 1. The molecule has 0 N–H and O–H groups in total. The van der Waals surface area contributed by atoms with Gasteiger partial charge in [0.25, 0.3) is 5.91 Å². The zero-order valence-corrected chi connectivity index (χ0v) is 16.9. The Kier molecular flexibility index (Phi) is 4.22. The molecule has 2 fully saturated rings. The summed E-state index contributed by atoms with van der Waals surface area (Å²) in [7, 11) is 0. The highest BCUT2D eigenvalue weighted by Gasteiger charge is 2.68. The Morgan fingerprint density at radius 2 is 1.40 bits per heavy atom. The van der Waals surface area contributed by atoms with Crippen molar-refractivity contribution in [2.75, 3.05) is 9.96 Å². The van der Waals surface area contributed by atoms with Gasteiger partial charge in [-0.2, -0.15) is 0 Å². The molecular formula is C25H22N2O3. The highest BCUT2D eigenvalue weighted by atomic mass is 16.7. The first-order chi connectivity index (χ1) is 14.5. The van der Waals surface area contributed by atoms with E-state index >= 15 is 0 Å². The summed E-state index contributed by atoms with van der Waals surface area (Å²) in [4.78, 5) is 34.7. The second-order valence-corrected chi connectivity index (χ2v) is 8.06. The number of carbonyl (C=O) groups is 2. The summed E-state index contributed by atoms with van der Waals surface area (Å²) in [6.07, 6.45) is -0.892. The Balaban J connectivity index is 1.63. The monoisotopic (exact) mass is 398 g/mol. The van der Waals surface area contributed by atoms with E-state index in [1.54, 1.807) is 5.06 Å². The topological polar surface area (TPSA) is 49.9 Å². The minimum Gasteiger partial charge on any atom is -0.273 e. The number of benzene rings is 3. The van der Waals surface area contributed by atoms with Crippen molar-refractivity contribution in [2.24, 2.45) is 5.41 Å². The van der Waals surface area contributed by atoms with E-state index in [4.69, 9.17) is 4.84 Å². The first-order valence-corrected chi connectivity index (χ1v) is 10.0. The van der Waals surface area contributed by atoms with Crippen LogP contribution in [0.1, 0.15) is 24.1 Å². The van der Waals surface area contributed by atoms with Crippen LogP contribution in [0.15, 0.2) is 84.9 Å². The SMILES string of the molecule is Cc1ccc(N2C(=O)[C@@H]3ON(c4ccccc4)[C@@H](c4ccccc4)[C@@]3(C)C2=O)cc1. The lowest BCUT2D eigenvalue weighted by molar-refractivity contribution is -0.128. The summed E-state index contributed by atoms with van der Waals surface area (Å²) in [6.45, 7) is 3.81. The van der Waals surface area contributed by atoms with Crippen molar-refractivity contribution in [1.82, 2.24) is 0 Å². The molecule has 0 unspecified atom stereocenters. The van der Waals surface area contributed by atoms with Crippen LogP contribution in [0, 0.1) is 12.3 Å². The predicted molar refractivity (Wildman–Crippen MR) is 115 cm³/mol. The van der Waals surface area contributed by atoms with Crippen molar-refractivity contribution in [2.45, 2.75) is 26.0 Å². The van der Waals surface area contributed by atoms with Gasteiger partial charge >= 0.3 is 0 Å². The number of imide groups is 1. The van der Waals surface area contributed by atoms with Gasteiger partial charge in [0.15, 0.2) is 6.10 Å². The third kappa shape index (κ3) is 2.59. The molecule has 0 aromatic heterocycles. The number of nitrogens with zero attached hydrogens (tertiary/aromatic N) is 2. The Labute approximate surface area is 175 Å². The van der Waals surface area contributed by atoms with Crippen molar-refractivity contribution in [1.29, 1.82) is 0 Å². The molecular weight excluding hydrogens is 376 g/mol. The van der Waals surface area contributed by atoms with Gasteiger partial charge in [0, 0.05) is 0 Å². The van der Waals surface area contributed by atoms with Crippen LogP contribution in [-0.2, 0) is 14.4 Å². The smallest absolute Gasteiger partial charge is 0.266 e. The quantitative estimate of drug-likeness (QED) is 0.612. The first-order valence-electron chi connectivity index (χ1n) is 10.0. The third-order valence-corrected chi connectivity index (χ3v) is 6.09. The molecule has 2 saturated heterocycles. The number of hydroxylamine groups is 1. The molecule has 3 aromatic carbocycles. The van der Waals surface area contributed by atoms with Crippen LogP contribution in [0.3, 0.4) is 0 Å². The van der Waals surface area contributed by atoms with Gasteiger partial charge in [0.2, 0.25) is 5.91 Å². The second-order valence-electron chi connectivity index (χ2n) is 8.06. The van der Waals surface area contributed by atoms with Crippen molar-refractivity contribution in [3.8, 4) is 0 Å². The number of hydrogen-bond donors (Lipinski definition) is 0. The number of fused-ring (bicyclic) bond motifs is 1. The van der Waals surface area contributed by atoms with E-state index in [2.05, 4.69) is 0 Å². The molecule has 0 radical (unpaired) electrons. The number of rotatable bonds is 3. The largest absolute Gasteiger partial charge is 0.273 e. The summed E-state index contributed by atoms with van der Waals surface area (Å²) in [5.74, 6) is -0.570. The molecule has 150 valence electrons. The van der Waals surface area contributed by atoms with E-state index in [9.17, 15) is 9.59 Å². The number of hydrogen-bond acceptors (Lipinski definition) is 4. The van der Waals surface area contributed by atoms with Crippen LogP contribution in [0.2, 0.25) is 0 Å². The third-order valence-electron chi connectivity index (χ3n) is 6.09. The molecule has 3 atom stereocenters. The fourth-order valence-corrected chi connectivity index (χ4v) is 4.50. The average molecular weight is 398 g/mol. The second kappa shape index (κ2) is 6.82. The Hall–Kier alpha value is -3.44. The van der Waals surface area contributed by atoms with Gasteiger partial charge in [-0.05, 0) is 43.7 Å². The van der Waals surface area contributed by atoms with Crippen molar-refractivity contribution >= 4 is 23.2 Å². The van der Waals surface area contributed by atoms with E-state index in [0.717, 1.165) is 16.8 Å². The number of anilines is 2. The lowest BCUT2D eigenvalue weighted by atomic mass is 9.76. The fraction of sp³-hybridized carbons (Fsp3) is 0.200. The summed E-state index contributed by atoms with van der Waals surface area (Å²) in [6, 6.07) is 26.4. The molecule has 2 aliphatic rings. The molecule has 30 heavy (non-hydrogen) atoms. The maximum atomic E-state index is 13.8. The van der Waals surface area contributed by atoms with E-state index in [-0.39, 0.29) is 11.8 Å². The van der Waals surface area contributed by atoms with Gasteiger partial charge in [-0.15, -0.1) is 0 Å². The minimum absolute atomic E-state index is 0.242. The molecule has 3 aromatic rings. The molecule has 0 saturated carbocycles. The lowest BCUT2D eigenvalue weighted by Crippen LogP contribution is -2.41. The van der Waals surface area contributed by atoms with Crippen LogP contribution in [0.25, 0.3) is 0 Å². The van der Waals surface area contributed by atoms with Gasteiger partial charge in [-0.3, -0.25) is 14.4 Å². The molecule has 0 aliphatic carbocycles. The molecule has 5 rings (SSSR count). The first kappa shape index (κ1) is 18.6. The Bertz CT molecular complexity index is 1100. The Morgan fingerprint density at radius 3 is 2.03 bits per heavy atom. The van der Waals surface area contributed by atoms with Gasteiger partial charge < -0.3 is 0 Å². The normalized spacial score (nSPS) is 25.7. The fourth-order valence-electron chi connectivity index (χ4n) is 4.50. The average Bonchev–Trinajstić information content (AvgIpc) is 3.19. The summed E-state index contributed by atoms with van der Waals surface area (Å²) < 4.78 is 0. The number of carbonyl (C=O) groups excluding carboxylic acids is 2. The van der Waals surface area contributed by atoms with Gasteiger partial charge in [0.05, 0.1) is 17.4 Å². The highest BCUT2D eigenvalue weighted by molar-refractivity contribution is 6.25. The van der Waals surface area contributed by atoms with Crippen LogP contribution in [-0.4, -0.2) is 17.9 Å². The maximum absolute atomic E-state index is 13.8. The minimum atomic E-state index is -1.06. The molecule has 0 bridgehead atoms. The van der Waals surface area contributed by atoms with E-state index < -0.39 is 17.6 Å². The van der Waals surface area contributed by atoms with Crippen LogP contribution in [0.5, 0.6) is 0 Å². The van der Waals surface area contributed by atoms with Crippen molar-refractivity contribution < 1.29 is 14.4 Å². The van der Waals surface area contributed by atoms with Crippen LogP contribution < -0.4 is 9.96 Å². The molecule has 2 heterocycles. The molecule has 5 heteroatoms. The van der Waals surface area contributed by atoms with Gasteiger partial charge in [-0.1, -0.05) is 66.2 Å². The molecule has 2 aliphatic heterocycles. The van der Waals surface area contributed by atoms with Gasteiger partial charge in [-0.25, -0.2) is 9.96 Å². The summed E-state index contributed by atoms with van der Waals surface area (Å²) >= 11 is 0. The predicted octanol–water partition coefficient (Wildman–Crippen LogP) is 4.44. The van der Waals surface area contributed by atoms with Crippen LogP contribution >= 0.6 is 0 Å². The standard InChI is InChI=1S/C25H22N2O3/c1-17-13-15-19(16-14-17)26-23(28)22-25(2,24(26)29)21(18-9-5-3-6-10-18)27(30-22)20-11-7-4-8-12-20/h3-16,21-22H,1-2H3/t21-,22-,25+/m0/s1.